The van der Waals surface area contributed by atoms with Crippen molar-refractivity contribution in [3.63, 3.8) is 0 Å². The maximum absolute atomic E-state index is 5.71. The Balaban J connectivity index is 2.41. The molecule has 1 aromatic carbocycles. The summed E-state index contributed by atoms with van der Waals surface area (Å²) in [5, 5.41) is 3.14. The molecule has 0 atom stereocenters. The zero-order valence-electron chi connectivity index (χ0n) is 12.3. The lowest BCUT2D eigenvalue weighted by Crippen LogP contribution is -2.14. The molecule has 0 radical (unpaired) electrons. The highest BCUT2D eigenvalue weighted by Crippen LogP contribution is 2.23. The van der Waals surface area contributed by atoms with Crippen LogP contribution in [0.1, 0.15) is 19.7 Å². The second-order valence-corrected chi connectivity index (χ2v) is 4.99. The molecule has 1 heterocycles. The summed E-state index contributed by atoms with van der Waals surface area (Å²) >= 11 is 0. The van der Waals surface area contributed by atoms with Crippen molar-refractivity contribution in [3.8, 4) is 18.1 Å². The molecule has 4 heteroatoms. The smallest absolute Gasteiger partial charge is 0.121 e. The van der Waals surface area contributed by atoms with E-state index in [2.05, 4.69) is 20.8 Å². The van der Waals surface area contributed by atoms with E-state index in [1.54, 1.807) is 0 Å². The molecule has 1 N–H and O–H groups in total. The Morgan fingerprint density at radius 2 is 2.25 bits per heavy atom. The third kappa shape index (κ3) is 3.12. The number of ether oxygens (including phenoxy) is 1. The van der Waals surface area contributed by atoms with Crippen LogP contribution < -0.4 is 10.1 Å². The zero-order valence-corrected chi connectivity index (χ0v) is 12.3. The number of nitrogens with one attached hydrogen (secondary N) is 1. The van der Waals surface area contributed by atoms with Gasteiger partial charge in [-0.25, -0.2) is 4.98 Å². The average Bonchev–Trinajstić information content (AvgIpc) is 2.73. The highest BCUT2D eigenvalue weighted by Gasteiger charge is 2.11. The molecule has 0 fully saturated rings. The Morgan fingerprint density at radius 3 is 2.90 bits per heavy atom. The van der Waals surface area contributed by atoms with Gasteiger partial charge < -0.3 is 14.6 Å². The molecule has 2 rings (SSSR count). The van der Waals surface area contributed by atoms with Crippen LogP contribution >= 0.6 is 0 Å². The Bertz CT molecular complexity index is 622. The first kappa shape index (κ1) is 14.4. The molecule has 0 aliphatic carbocycles. The predicted octanol–water partition coefficient (Wildman–Crippen LogP) is 2.22. The van der Waals surface area contributed by atoms with Crippen LogP contribution in [0, 0.1) is 12.3 Å². The maximum atomic E-state index is 5.71. The zero-order chi connectivity index (χ0) is 14.5. The number of hydrogen-bond donors (Lipinski definition) is 1. The molecule has 0 saturated heterocycles. The quantitative estimate of drug-likeness (QED) is 0.819. The molecule has 0 aliphatic heterocycles. The number of hydrogen-bond acceptors (Lipinski definition) is 3. The fourth-order valence-electron chi connectivity index (χ4n) is 2.20. The Morgan fingerprint density at radius 1 is 1.45 bits per heavy atom. The van der Waals surface area contributed by atoms with Crippen molar-refractivity contribution >= 4 is 11.0 Å². The monoisotopic (exact) mass is 271 g/mol. The molecule has 0 aliphatic rings. The van der Waals surface area contributed by atoms with Gasteiger partial charge in [0.25, 0.3) is 0 Å². The SMILES string of the molecule is C#CCn1c(CCNC)nc2cc(OC(C)C)ccc21. The van der Waals surface area contributed by atoms with Gasteiger partial charge in [-0.2, -0.15) is 0 Å². The minimum Gasteiger partial charge on any atom is -0.491 e. The summed E-state index contributed by atoms with van der Waals surface area (Å²) in [5.74, 6) is 4.55. The van der Waals surface area contributed by atoms with Gasteiger partial charge in [0, 0.05) is 19.0 Å². The Hall–Kier alpha value is -1.99. The average molecular weight is 271 g/mol. The van der Waals surface area contributed by atoms with Crippen LogP contribution in [0.5, 0.6) is 5.75 Å². The normalized spacial score (nSPS) is 10.9. The van der Waals surface area contributed by atoms with Crippen molar-refractivity contribution in [2.45, 2.75) is 32.9 Å². The molecule has 20 heavy (non-hydrogen) atoms. The Kier molecular flexibility index (Phi) is 4.65. The van der Waals surface area contributed by atoms with E-state index in [1.165, 1.54) is 0 Å². The van der Waals surface area contributed by atoms with Gasteiger partial charge in [-0.1, -0.05) is 5.92 Å². The van der Waals surface area contributed by atoms with Crippen LogP contribution in [0.2, 0.25) is 0 Å². The number of nitrogens with zero attached hydrogens (tertiary/aromatic N) is 2. The van der Waals surface area contributed by atoms with E-state index in [1.807, 2.05) is 39.1 Å². The highest BCUT2D eigenvalue weighted by atomic mass is 16.5. The van der Waals surface area contributed by atoms with Crippen LogP contribution in [-0.4, -0.2) is 29.2 Å². The topological polar surface area (TPSA) is 39.1 Å². The molecule has 2 aromatic rings. The number of rotatable bonds is 6. The van der Waals surface area contributed by atoms with Gasteiger partial charge in [0.05, 0.1) is 23.7 Å². The molecule has 4 nitrogen and oxygen atoms in total. The van der Waals surface area contributed by atoms with Gasteiger partial charge in [-0.3, -0.25) is 0 Å². The second-order valence-electron chi connectivity index (χ2n) is 4.99. The summed E-state index contributed by atoms with van der Waals surface area (Å²) in [5.41, 5.74) is 2.00. The number of imidazole rings is 1. The minimum absolute atomic E-state index is 0.156. The first-order chi connectivity index (χ1) is 9.65. The van der Waals surface area contributed by atoms with E-state index in [4.69, 9.17) is 11.2 Å². The Labute approximate surface area is 120 Å². The fraction of sp³-hybridized carbons (Fsp3) is 0.438. The molecule has 0 saturated carbocycles. The second kappa shape index (κ2) is 6.44. The summed E-state index contributed by atoms with van der Waals surface area (Å²) in [6.07, 6.45) is 6.48. The molecule has 0 unspecified atom stereocenters. The van der Waals surface area contributed by atoms with E-state index < -0.39 is 0 Å². The minimum atomic E-state index is 0.156. The first-order valence-corrected chi connectivity index (χ1v) is 6.89. The predicted molar refractivity (Wildman–Crippen MR) is 82.0 cm³/mol. The maximum Gasteiger partial charge on any atom is 0.121 e. The van der Waals surface area contributed by atoms with Gasteiger partial charge in [-0.15, -0.1) is 6.42 Å². The van der Waals surface area contributed by atoms with Crippen molar-refractivity contribution in [1.82, 2.24) is 14.9 Å². The van der Waals surface area contributed by atoms with Crippen molar-refractivity contribution in [3.05, 3.63) is 24.0 Å². The molecule has 0 spiro atoms. The summed E-state index contributed by atoms with van der Waals surface area (Å²) in [6, 6.07) is 5.98. The molecule has 106 valence electrons. The molecular formula is C16H21N3O. The third-order valence-electron chi connectivity index (χ3n) is 3.02. The molecule has 0 bridgehead atoms. The van der Waals surface area contributed by atoms with Crippen LogP contribution in [0.4, 0.5) is 0 Å². The van der Waals surface area contributed by atoms with E-state index in [0.717, 1.165) is 35.6 Å². The number of terminal acetylenes is 1. The first-order valence-electron chi connectivity index (χ1n) is 6.89. The number of fused-ring (bicyclic) bond motifs is 1. The van der Waals surface area contributed by atoms with Gasteiger partial charge in [0.1, 0.15) is 11.6 Å². The van der Waals surface area contributed by atoms with Crippen molar-refractivity contribution in [2.75, 3.05) is 13.6 Å². The summed E-state index contributed by atoms with van der Waals surface area (Å²) < 4.78 is 7.80. The standard InChI is InChI=1S/C16H21N3O/c1-5-10-19-15-7-6-13(20-12(2)3)11-14(15)18-16(19)8-9-17-4/h1,6-7,11-12,17H,8-10H2,2-4H3. The van der Waals surface area contributed by atoms with Crippen molar-refractivity contribution in [1.29, 1.82) is 0 Å². The van der Waals surface area contributed by atoms with E-state index in [9.17, 15) is 0 Å². The van der Waals surface area contributed by atoms with Crippen molar-refractivity contribution < 1.29 is 4.74 Å². The lowest BCUT2D eigenvalue weighted by atomic mass is 10.3. The third-order valence-corrected chi connectivity index (χ3v) is 3.02. The van der Waals surface area contributed by atoms with Gasteiger partial charge in [0.15, 0.2) is 0 Å². The van der Waals surface area contributed by atoms with Gasteiger partial charge in [0.2, 0.25) is 0 Å². The number of benzene rings is 1. The van der Waals surface area contributed by atoms with Crippen LogP contribution in [-0.2, 0) is 13.0 Å². The molecular weight excluding hydrogens is 250 g/mol. The number of likely N-dealkylation sites (N-methyl/N-ethyl adjacent to an activating group) is 1. The van der Waals surface area contributed by atoms with Crippen LogP contribution in [0.25, 0.3) is 11.0 Å². The summed E-state index contributed by atoms with van der Waals surface area (Å²) in [6.45, 7) is 5.45. The van der Waals surface area contributed by atoms with Crippen LogP contribution in [0.3, 0.4) is 0 Å². The van der Waals surface area contributed by atoms with E-state index in [-0.39, 0.29) is 6.10 Å². The highest BCUT2D eigenvalue weighted by molar-refractivity contribution is 5.78. The summed E-state index contributed by atoms with van der Waals surface area (Å²) in [4.78, 5) is 4.68. The van der Waals surface area contributed by atoms with Crippen LogP contribution in [0.15, 0.2) is 18.2 Å². The lowest BCUT2D eigenvalue weighted by Gasteiger charge is -2.09. The summed E-state index contributed by atoms with van der Waals surface area (Å²) in [7, 11) is 1.93. The number of aromatic nitrogens is 2. The fourth-order valence-corrected chi connectivity index (χ4v) is 2.20. The van der Waals surface area contributed by atoms with E-state index >= 15 is 0 Å². The molecule has 0 amide bonds. The van der Waals surface area contributed by atoms with Crippen molar-refractivity contribution in [2.24, 2.45) is 0 Å². The van der Waals surface area contributed by atoms with Gasteiger partial charge in [-0.05, 0) is 33.0 Å². The van der Waals surface area contributed by atoms with Gasteiger partial charge >= 0.3 is 0 Å². The van der Waals surface area contributed by atoms with E-state index in [0.29, 0.717) is 6.54 Å². The largest absolute Gasteiger partial charge is 0.491 e. The lowest BCUT2D eigenvalue weighted by molar-refractivity contribution is 0.242. The molecule has 1 aromatic heterocycles.